The van der Waals surface area contributed by atoms with Crippen LogP contribution < -0.4 is 4.74 Å². The van der Waals surface area contributed by atoms with E-state index in [4.69, 9.17) is 10.00 Å². The van der Waals surface area contributed by atoms with Gasteiger partial charge in [-0.05, 0) is 29.3 Å². The van der Waals surface area contributed by atoms with Crippen molar-refractivity contribution in [3.8, 4) is 23.1 Å². The van der Waals surface area contributed by atoms with Crippen LogP contribution in [-0.4, -0.2) is 22.5 Å². The van der Waals surface area contributed by atoms with Crippen LogP contribution in [0.2, 0.25) is 0 Å². The molecule has 0 aliphatic carbocycles. The molecule has 0 saturated heterocycles. The van der Waals surface area contributed by atoms with Crippen LogP contribution in [0.15, 0.2) is 48.5 Å². The molecule has 112 valence electrons. The molecule has 0 aliphatic heterocycles. The van der Waals surface area contributed by atoms with Crippen molar-refractivity contribution in [2.24, 2.45) is 0 Å². The molecule has 3 aromatic rings. The summed E-state index contributed by atoms with van der Waals surface area (Å²) in [6.45, 7) is 0. The second-order valence-electron chi connectivity index (χ2n) is 4.88. The van der Waals surface area contributed by atoms with Gasteiger partial charge >= 0.3 is 0 Å². The van der Waals surface area contributed by atoms with E-state index in [2.05, 4.69) is 21.5 Å². The van der Waals surface area contributed by atoms with Crippen molar-refractivity contribution in [1.29, 1.82) is 5.26 Å². The third kappa shape index (κ3) is 3.27. The van der Waals surface area contributed by atoms with Crippen molar-refractivity contribution in [3.63, 3.8) is 0 Å². The maximum atomic E-state index is 9.05. The monoisotopic (exact) mass is 302 g/mol. The van der Waals surface area contributed by atoms with Gasteiger partial charge in [-0.1, -0.05) is 47.7 Å². The largest absolute Gasteiger partial charge is 0.497 e. The van der Waals surface area contributed by atoms with Crippen LogP contribution in [0, 0.1) is 11.3 Å². The number of hydrogen-bond acceptors (Lipinski definition) is 4. The van der Waals surface area contributed by atoms with Gasteiger partial charge in [0.1, 0.15) is 17.5 Å². The van der Waals surface area contributed by atoms with Gasteiger partial charge in [0.25, 0.3) is 0 Å². The van der Waals surface area contributed by atoms with Crippen molar-refractivity contribution in [3.05, 3.63) is 65.4 Å². The average molecular weight is 302 g/mol. The van der Waals surface area contributed by atoms with Crippen molar-refractivity contribution in [1.82, 2.24) is 15.4 Å². The number of ether oxygens (including phenoxy) is 1. The van der Waals surface area contributed by atoms with Gasteiger partial charge in [0.15, 0.2) is 5.69 Å². The fourth-order valence-corrected chi connectivity index (χ4v) is 2.21. The van der Waals surface area contributed by atoms with Crippen molar-refractivity contribution in [2.45, 2.75) is 0 Å². The Kier molecular flexibility index (Phi) is 4.16. The van der Waals surface area contributed by atoms with Gasteiger partial charge in [0, 0.05) is 5.56 Å². The maximum Gasteiger partial charge on any atom is 0.163 e. The standard InChI is InChI=1S/C18H14N4O/c1-23-16-9-7-13(8-10-16)5-6-14-3-2-4-15(11-14)18-17(12-19)20-22-21-18/h2-11H,1H3,(H,20,21,22)/b6-5+. The van der Waals surface area contributed by atoms with Crippen LogP contribution in [0.1, 0.15) is 16.8 Å². The Balaban J connectivity index is 1.85. The summed E-state index contributed by atoms with van der Waals surface area (Å²) in [7, 11) is 1.65. The lowest BCUT2D eigenvalue weighted by Crippen LogP contribution is -1.84. The van der Waals surface area contributed by atoms with Gasteiger partial charge in [-0.15, -0.1) is 5.10 Å². The number of H-pyrrole nitrogens is 1. The summed E-state index contributed by atoms with van der Waals surface area (Å²) >= 11 is 0. The van der Waals surface area contributed by atoms with Crippen LogP contribution in [0.25, 0.3) is 23.4 Å². The van der Waals surface area contributed by atoms with Crippen molar-refractivity contribution < 1.29 is 4.74 Å². The molecule has 1 N–H and O–H groups in total. The second kappa shape index (κ2) is 6.58. The van der Waals surface area contributed by atoms with E-state index in [-0.39, 0.29) is 0 Å². The molecule has 0 spiro atoms. The van der Waals surface area contributed by atoms with E-state index in [0.717, 1.165) is 22.4 Å². The van der Waals surface area contributed by atoms with E-state index < -0.39 is 0 Å². The molecule has 1 aromatic heterocycles. The number of nitrogens with zero attached hydrogens (tertiary/aromatic N) is 3. The molecule has 5 nitrogen and oxygen atoms in total. The highest BCUT2D eigenvalue weighted by Crippen LogP contribution is 2.21. The third-order valence-corrected chi connectivity index (χ3v) is 3.40. The molecule has 0 amide bonds. The highest BCUT2D eigenvalue weighted by Gasteiger charge is 2.08. The summed E-state index contributed by atoms with van der Waals surface area (Å²) < 4.78 is 5.14. The minimum Gasteiger partial charge on any atom is -0.497 e. The minimum absolute atomic E-state index is 0.362. The molecular weight excluding hydrogens is 288 g/mol. The molecule has 2 aromatic carbocycles. The highest BCUT2D eigenvalue weighted by atomic mass is 16.5. The molecule has 0 aliphatic rings. The number of benzene rings is 2. The average Bonchev–Trinajstić information content (AvgIpc) is 3.09. The molecule has 0 atom stereocenters. The highest BCUT2D eigenvalue weighted by molar-refractivity contribution is 5.74. The Bertz CT molecular complexity index is 873. The first-order valence-corrected chi connectivity index (χ1v) is 7.04. The van der Waals surface area contributed by atoms with Crippen LogP contribution in [-0.2, 0) is 0 Å². The van der Waals surface area contributed by atoms with Crippen LogP contribution >= 0.6 is 0 Å². The first-order chi connectivity index (χ1) is 11.3. The summed E-state index contributed by atoms with van der Waals surface area (Å²) in [6, 6.07) is 17.7. The lowest BCUT2D eigenvalue weighted by molar-refractivity contribution is 0.415. The van der Waals surface area contributed by atoms with Gasteiger partial charge in [0.2, 0.25) is 0 Å². The lowest BCUT2D eigenvalue weighted by Gasteiger charge is -2.01. The maximum absolute atomic E-state index is 9.05. The number of hydrogen-bond donors (Lipinski definition) is 1. The quantitative estimate of drug-likeness (QED) is 0.748. The molecule has 0 unspecified atom stereocenters. The fraction of sp³-hybridized carbons (Fsp3) is 0.0556. The molecule has 5 heteroatoms. The smallest absolute Gasteiger partial charge is 0.163 e. The first kappa shape index (κ1) is 14.5. The summed E-state index contributed by atoms with van der Waals surface area (Å²) in [5.74, 6) is 0.833. The molecule has 23 heavy (non-hydrogen) atoms. The number of aromatic amines is 1. The predicted octanol–water partition coefficient (Wildman–Crippen LogP) is 3.52. The number of nitrogens with one attached hydrogen (secondary N) is 1. The Morgan fingerprint density at radius 1 is 1.09 bits per heavy atom. The van der Waals surface area contributed by atoms with Crippen LogP contribution in [0.5, 0.6) is 5.75 Å². The SMILES string of the molecule is COc1ccc(/C=C/c2cccc(-c3nn[nH]c3C#N)c2)cc1. The number of rotatable bonds is 4. The zero-order valence-corrected chi connectivity index (χ0v) is 12.5. The molecule has 0 radical (unpaired) electrons. The van der Waals surface area contributed by atoms with Crippen LogP contribution in [0.4, 0.5) is 0 Å². The van der Waals surface area contributed by atoms with E-state index in [0.29, 0.717) is 11.4 Å². The molecule has 1 heterocycles. The Morgan fingerprint density at radius 2 is 1.87 bits per heavy atom. The van der Waals surface area contributed by atoms with E-state index in [1.807, 2.05) is 60.7 Å². The summed E-state index contributed by atoms with van der Waals surface area (Å²) in [4.78, 5) is 0. The number of aromatic nitrogens is 3. The molecule has 0 bridgehead atoms. The normalized spacial score (nSPS) is 10.6. The number of methoxy groups -OCH3 is 1. The van der Waals surface area contributed by atoms with Gasteiger partial charge in [-0.25, -0.2) is 5.10 Å². The van der Waals surface area contributed by atoms with E-state index >= 15 is 0 Å². The van der Waals surface area contributed by atoms with E-state index in [1.165, 1.54) is 0 Å². The molecular formula is C18H14N4O. The van der Waals surface area contributed by atoms with Crippen molar-refractivity contribution >= 4 is 12.2 Å². The van der Waals surface area contributed by atoms with Crippen molar-refractivity contribution in [2.75, 3.05) is 7.11 Å². The fourth-order valence-electron chi connectivity index (χ4n) is 2.21. The summed E-state index contributed by atoms with van der Waals surface area (Å²) in [5.41, 5.74) is 3.88. The predicted molar refractivity (Wildman–Crippen MR) is 88.5 cm³/mol. The van der Waals surface area contributed by atoms with Gasteiger partial charge in [0.05, 0.1) is 7.11 Å². The zero-order valence-electron chi connectivity index (χ0n) is 12.5. The Morgan fingerprint density at radius 3 is 2.61 bits per heavy atom. The Labute approximate surface area is 133 Å². The first-order valence-electron chi connectivity index (χ1n) is 7.04. The number of nitriles is 1. The topological polar surface area (TPSA) is 74.6 Å². The van der Waals surface area contributed by atoms with E-state index in [9.17, 15) is 0 Å². The van der Waals surface area contributed by atoms with E-state index in [1.54, 1.807) is 7.11 Å². The lowest BCUT2D eigenvalue weighted by atomic mass is 10.1. The second-order valence-corrected chi connectivity index (χ2v) is 4.88. The molecule has 0 fully saturated rings. The van der Waals surface area contributed by atoms with Crippen LogP contribution in [0.3, 0.4) is 0 Å². The molecule has 3 rings (SSSR count). The van der Waals surface area contributed by atoms with Gasteiger partial charge in [-0.2, -0.15) is 5.26 Å². The Hall–Kier alpha value is -3.39. The van der Waals surface area contributed by atoms with Gasteiger partial charge in [-0.3, -0.25) is 0 Å². The summed E-state index contributed by atoms with van der Waals surface area (Å²) in [5, 5.41) is 19.3. The third-order valence-electron chi connectivity index (χ3n) is 3.40. The minimum atomic E-state index is 0.362. The summed E-state index contributed by atoms with van der Waals surface area (Å²) in [6.07, 6.45) is 4.03. The zero-order chi connectivity index (χ0) is 16.1. The molecule has 0 saturated carbocycles. The van der Waals surface area contributed by atoms with Gasteiger partial charge < -0.3 is 4.74 Å².